The first-order valence-electron chi connectivity index (χ1n) is 8.55. The Kier molecular flexibility index (Phi) is 6.59. The molecule has 0 saturated carbocycles. The molecule has 0 fully saturated rings. The Balaban J connectivity index is 1.96. The molecule has 0 radical (unpaired) electrons. The zero-order chi connectivity index (χ0) is 22.9. The lowest BCUT2D eigenvalue weighted by molar-refractivity contribution is -0.268. The van der Waals surface area contributed by atoms with Gasteiger partial charge in [0, 0.05) is 11.5 Å². The monoisotopic (exact) mass is 568 g/mol. The van der Waals surface area contributed by atoms with Gasteiger partial charge in [-0.25, -0.2) is 23.2 Å². The maximum Gasteiger partial charge on any atom is 0.438 e. The third kappa shape index (κ3) is 4.99. The molecule has 0 amide bonds. The van der Waals surface area contributed by atoms with Crippen molar-refractivity contribution < 1.29 is 31.2 Å². The van der Waals surface area contributed by atoms with E-state index in [1.807, 2.05) is 22.6 Å². The zero-order valence-corrected chi connectivity index (χ0v) is 19.0. The van der Waals surface area contributed by atoms with Crippen molar-refractivity contribution in [2.24, 2.45) is 0 Å². The lowest BCUT2D eigenvalue weighted by atomic mass is 10.2. The Hall–Kier alpha value is -2.23. The van der Waals surface area contributed by atoms with E-state index in [0.717, 1.165) is 6.33 Å². The highest BCUT2D eigenvalue weighted by Crippen LogP contribution is 2.36. The Morgan fingerprint density at radius 1 is 1.10 bits per heavy atom. The third-order valence-corrected chi connectivity index (χ3v) is 6.25. The SMILES string of the molecule is COc1cc2ncnc(NC(C)(ONS(=O)(=O)c3ccccc3)C(F)(F)F)c2cc1I. The van der Waals surface area contributed by atoms with Gasteiger partial charge in [0.05, 0.1) is 21.1 Å². The molecular weight excluding hydrogens is 552 g/mol. The Morgan fingerprint density at radius 2 is 1.77 bits per heavy atom. The van der Waals surface area contributed by atoms with Gasteiger partial charge in [-0.15, -0.1) is 0 Å². The van der Waals surface area contributed by atoms with Crippen LogP contribution in [0, 0.1) is 3.57 Å². The van der Waals surface area contributed by atoms with Crippen LogP contribution in [0.4, 0.5) is 19.0 Å². The molecule has 0 spiro atoms. The predicted molar refractivity (Wildman–Crippen MR) is 115 cm³/mol. The van der Waals surface area contributed by atoms with Crippen molar-refractivity contribution in [1.82, 2.24) is 14.9 Å². The maximum absolute atomic E-state index is 13.9. The predicted octanol–water partition coefficient (Wildman–Crippen LogP) is 3.84. The van der Waals surface area contributed by atoms with Crippen molar-refractivity contribution in [2.75, 3.05) is 12.4 Å². The molecule has 2 N–H and O–H groups in total. The van der Waals surface area contributed by atoms with Gasteiger partial charge in [0.15, 0.2) is 0 Å². The highest BCUT2D eigenvalue weighted by atomic mass is 127. The largest absolute Gasteiger partial charge is 0.496 e. The molecule has 31 heavy (non-hydrogen) atoms. The standard InChI is InChI=1S/C18H16F3IN4O4S/c1-17(18(19,20)21,30-26-31(27,28)11-6-4-3-5-7-11)25-16-12-8-13(22)15(29-2)9-14(12)23-10-24-16/h3-10,26H,1-2H3,(H,23,24,25). The number of aromatic nitrogens is 2. The first kappa shape index (κ1) is 23.4. The number of alkyl halides is 3. The molecule has 0 aliphatic rings. The molecule has 0 aliphatic heterocycles. The third-order valence-electron chi connectivity index (χ3n) is 4.22. The summed E-state index contributed by atoms with van der Waals surface area (Å²) in [5.41, 5.74) is -2.83. The van der Waals surface area contributed by atoms with Crippen molar-refractivity contribution in [1.29, 1.82) is 0 Å². The highest BCUT2D eigenvalue weighted by Gasteiger charge is 2.54. The van der Waals surface area contributed by atoms with E-state index in [1.165, 1.54) is 31.4 Å². The minimum atomic E-state index is -5.02. The molecule has 1 heterocycles. The van der Waals surface area contributed by atoms with Gasteiger partial charge in [0.25, 0.3) is 15.7 Å². The molecule has 2 aromatic carbocycles. The summed E-state index contributed by atoms with van der Waals surface area (Å²) >= 11 is 1.96. The van der Waals surface area contributed by atoms with E-state index in [4.69, 9.17) is 4.74 Å². The lowest BCUT2D eigenvalue weighted by Crippen LogP contribution is -2.55. The average Bonchev–Trinajstić information content (AvgIpc) is 2.72. The van der Waals surface area contributed by atoms with Gasteiger partial charge in [-0.05, 0) is 47.7 Å². The maximum atomic E-state index is 13.9. The number of hydrogen-bond acceptors (Lipinski definition) is 7. The van der Waals surface area contributed by atoms with E-state index in [1.54, 1.807) is 23.1 Å². The normalized spacial score (nSPS) is 14.3. The topological polar surface area (TPSA) is 102 Å². The second kappa shape index (κ2) is 8.72. The van der Waals surface area contributed by atoms with Crippen LogP contribution in [0.3, 0.4) is 0 Å². The van der Waals surface area contributed by atoms with Gasteiger partial charge >= 0.3 is 6.18 Å². The first-order valence-corrected chi connectivity index (χ1v) is 11.1. The molecule has 0 aliphatic carbocycles. The second-order valence-electron chi connectivity index (χ2n) is 6.38. The van der Waals surface area contributed by atoms with Crippen LogP contribution in [-0.2, 0) is 14.9 Å². The number of halogens is 4. The van der Waals surface area contributed by atoms with Crippen molar-refractivity contribution >= 4 is 49.3 Å². The number of hydrogen-bond donors (Lipinski definition) is 2. The molecule has 1 atom stereocenters. The fourth-order valence-corrected chi connectivity index (χ4v) is 4.06. The summed E-state index contributed by atoms with van der Waals surface area (Å²) < 4.78 is 72.1. The number of methoxy groups -OCH3 is 1. The van der Waals surface area contributed by atoms with Crippen LogP contribution in [0.25, 0.3) is 10.9 Å². The van der Waals surface area contributed by atoms with Crippen LogP contribution < -0.4 is 14.9 Å². The minimum Gasteiger partial charge on any atom is -0.496 e. The molecule has 166 valence electrons. The molecule has 0 bridgehead atoms. The second-order valence-corrected chi connectivity index (χ2v) is 9.19. The van der Waals surface area contributed by atoms with Gasteiger partial charge in [0.1, 0.15) is 17.9 Å². The van der Waals surface area contributed by atoms with Crippen LogP contribution in [-0.4, -0.2) is 37.4 Å². The fourth-order valence-electron chi connectivity index (χ4n) is 2.48. The summed E-state index contributed by atoms with van der Waals surface area (Å²) in [6, 6.07) is 9.96. The summed E-state index contributed by atoms with van der Waals surface area (Å²) in [7, 11) is -2.91. The van der Waals surface area contributed by atoms with E-state index in [2.05, 4.69) is 20.1 Å². The van der Waals surface area contributed by atoms with Crippen LogP contribution in [0.2, 0.25) is 0 Å². The molecular formula is C18H16F3IN4O4S. The Bertz CT molecular complexity index is 1200. The molecule has 0 saturated heterocycles. The van der Waals surface area contributed by atoms with Crippen LogP contribution in [0.5, 0.6) is 5.75 Å². The van der Waals surface area contributed by atoms with Crippen molar-refractivity contribution in [3.8, 4) is 5.75 Å². The van der Waals surface area contributed by atoms with E-state index >= 15 is 0 Å². The number of anilines is 1. The summed E-state index contributed by atoms with van der Waals surface area (Å²) in [6.45, 7) is 0.642. The number of ether oxygens (including phenoxy) is 1. The smallest absolute Gasteiger partial charge is 0.438 e. The number of fused-ring (bicyclic) bond motifs is 1. The Morgan fingerprint density at radius 3 is 2.39 bits per heavy atom. The van der Waals surface area contributed by atoms with Crippen molar-refractivity contribution in [3.63, 3.8) is 0 Å². The van der Waals surface area contributed by atoms with Crippen LogP contribution in [0.15, 0.2) is 53.7 Å². The molecule has 3 rings (SSSR count). The molecule has 1 unspecified atom stereocenters. The molecule has 3 aromatic rings. The average molecular weight is 568 g/mol. The van der Waals surface area contributed by atoms with E-state index in [0.29, 0.717) is 21.8 Å². The lowest BCUT2D eigenvalue weighted by Gasteiger charge is -2.32. The number of rotatable bonds is 7. The Labute approximate surface area is 189 Å². The quantitative estimate of drug-likeness (QED) is 0.254. The van der Waals surface area contributed by atoms with Gasteiger partial charge in [-0.1, -0.05) is 23.1 Å². The molecule has 1 aromatic heterocycles. The zero-order valence-electron chi connectivity index (χ0n) is 16.1. The number of sulfonamides is 1. The van der Waals surface area contributed by atoms with Crippen LogP contribution >= 0.6 is 22.6 Å². The first-order chi connectivity index (χ1) is 14.5. The number of benzene rings is 2. The summed E-state index contributed by atoms with van der Waals surface area (Å²) in [5, 5.41) is 2.42. The molecule has 8 nitrogen and oxygen atoms in total. The number of nitrogens with one attached hydrogen (secondary N) is 2. The van der Waals surface area contributed by atoms with Gasteiger partial charge in [0.2, 0.25) is 0 Å². The van der Waals surface area contributed by atoms with E-state index in [-0.39, 0.29) is 16.1 Å². The highest BCUT2D eigenvalue weighted by molar-refractivity contribution is 14.1. The van der Waals surface area contributed by atoms with Gasteiger partial charge in [-0.2, -0.15) is 13.2 Å². The van der Waals surface area contributed by atoms with Crippen LogP contribution in [0.1, 0.15) is 6.92 Å². The molecule has 13 heteroatoms. The van der Waals surface area contributed by atoms with E-state index in [9.17, 15) is 21.6 Å². The summed E-state index contributed by atoms with van der Waals surface area (Å²) in [5.74, 6) is 0.285. The summed E-state index contributed by atoms with van der Waals surface area (Å²) in [4.78, 5) is 13.9. The number of nitrogens with zero attached hydrogens (tertiary/aromatic N) is 2. The minimum absolute atomic E-state index is 0.204. The fraction of sp³-hybridized carbons (Fsp3) is 0.222. The van der Waals surface area contributed by atoms with Crippen molar-refractivity contribution in [2.45, 2.75) is 23.7 Å². The summed E-state index contributed by atoms with van der Waals surface area (Å²) in [6.07, 6.45) is -3.95. The van der Waals surface area contributed by atoms with Gasteiger partial charge in [-0.3, -0.25) is 0 Å². The van der Waals surface area contributed by atoms with Crippen molar-refractivity contribution in [3.05, 3.63) is 52.4 Å². The van der Waals surface area contributed by atoms with E-state index < -0.39 is 21.9 Å². The van der Waals surface area contributed by atoms with Gasteiger partial charge < -0.3 is 10.1 Å².